The quantitative estimate of drug-likeness (QED) is 0.485. The van der Waals surface area contributed by atoms with Crippen LogP contribution < -0.4 is 5.73 Å². The summed E-state index contributed by atoms with van der Waals surface area (Å²) in [5.74, 6) is 0.576. The molecule has 0 aromatic heterocycles. The topological polar surface area (TPSA) is 52.3 Å². The summed E-state index contributed by atoms with van der Waals surface area (Å²) in [6, 6.07) is 0. The first-order valence-corrected chi connectivity index (χ1v) is 7.99. The van der Waals surface area contributed by atoms with Crippen LogP contribution in [0.3, 0.4) is 0 Å². The van der Waals surface area contributed by atoms with Crippen molar-refractivity contribution in [1.29, 1.82) is 0 Å². The van der Waals surface area contributed by atoms with E-state index in [9.17, 15) is 4.79 Å². The molecular formula is C16H33NO2. The van der Waals surface area contributed by atoms with Gasteiger partial charge in [-0.2, -0.15) is 0 Å². The molecule has 0 heterocycles. The highest BCUT2D eigenvalue weighted by Crippen LogP contribution is 2.12. The van der Waals surface area contributed by atoms with Crippen LogP contribution in [0.2, 0.25) is 0 Å². The summed E-state index contributed by atoms with van der Waals surface area (Å²) in [4.78, 5) is 10.5. The lowest BCUT2D eigenvalue weighted by molar-refractivity contribution is -0.119. The molecule has 0 saturated carbocycles. The van der Waals surface area contributed by atoms with Gasteiger partial charge in [0.1, 0.15) is 0 Å². The molecule has 0 bridgehead atoms. The number of ether oxygens (including phenoxy) is 1. The van der Waals surface area contributed by atoms with E-state index in [0.29, 0.717) is 13.0 Å². The number of hydrogen-bond acceptors (Lipinski definition) is 2. The second-order valence-electron chi connectivity index (χ2n) is 5.84. The van der Waals surface area contributed by atoms with E-state index >= 15 is 0 Å². The van der Waals surface area contributed by atoms with Gasteiger partial charge in [0.2, 0.25) is 5.91 Å². The first-order chi connectivity index (χ1) is 9.13. The Morgan fingerprint density at radius 2 is 1.42 bits per heavy atom. The van der Waals surface area contributed by atoms with Crippen molar-refractivity contribution in [2.24, 2.45) is 11.7 Å². The maximum Gasteiger partial charge on any atom is 0.219 e. The van der Waals surface area contributed by atoms with E-state index < -0.39 is 0 Å². The van der Waals surface area contributed by atoms with Crippen LogP contribution in [0.5, 0.6) is 0 Å². The maximum absolute atomic E-state index is 10.5. The molecular weight excluding hydrogens is 238 g/mol. The summed E-state index contributed by atoms with van der Waals surface area (Å²) in [6.07, 6.45) is 12.3. The average Bonchev–Trinajstić information content (AvgIpc) is 2.34. The smallest absolute Gasteiger partial charge is 0.219 e. The Kier molecular flexibility index (Phi) is 13.4. The highest BCUT2D eigenvalue weighted by molar-refractivity contribution is 5.73. The normalized spacial score (nSPS) is 11.1. The SMILES string of the molecule is CC(C)CCCCCCCCCCOCCC(N)=O. The number of carbonyl (C=O) groups excluding carboxylic acids is 1. The van der Waals surface area contributed by atoms with E-state index in [1.807, 2.05) is 0 Å². The Labute approximate surface area is 119 Å². The van der Waals surface area contributed by atoms with Gasteiger partial charge in [-0.3, -0.25) is 4.79 Å². The number of unbranched alkanes of at least 4 members (excludes halogenated alkanes) is 7. The average molecular weight is 271 g/mol. The fourth-order valence-corrected chi connectivity index (χ4v) is 2.09. The lowest BCUT2D eigenvalue weighted by atomic mass is 10.0. The van der Waals surface area contributed by atoms with Crippen molar-refractivity contribution in [2.75, 3.05) is 13.2 Å². The predicted molar refractivity (Wildman–Crippen MR) is 81.0 cm³/mol. The molecule has 19 heavy (non-hydrogen) atoms. The van der Waals surface area contributed by atoms with Gasteiger partial charge in [-0.1, -0.05) is 65.2 Å². The van der Waals surface area contributed by atoms with E-state index in [1.165, 1.54) is 51.4 Å². The second kappa shape index (κ2) is 13.9. The fraction of sp³-hybridized carbons (Fsp3) is 0.938. The largest absolute Gasteiger partial charge is 0.381 e. The van der Waals surface area contributed by atoms with Gasteiger partial charge in [0, 0.05) is 13.0 Å². The molecule has 3 heteroatoms. The lowest BCUT2D eigenvalue weighted by Crippen LogP contribution is -2.13. The van der Waals surface area contributed by atoms with Crippen LogP contribution in [-0.2, 0) is 9.53 Å². The van der Waals surface area contributed by atoms with Gasteiger partial charge < -0.3 is 10.5 Å². The molecule has 0 aliphatic carbocycles. The van der Waals surface area contributed by atoms with Gasteiger partial charge in [-0.25, -0.2) is 0 Å². The summed E-state index contributed by atoms with van der Waals surface area (Å²) in [5, 5.41) is 0. The van der Waals surface area contributed by atoms with Crippen molar-refractivity contribution in [3.63, 3.8) is 0 Å². The molecule has 3 nitrogen and oxygen atoms in total. The lowest BCUT2D eigenvalue weighted by Gasteiger charge is -2.05. The summed E-state index contributed by atoms with van der Waals surface area (Å²) < 4.78 is 5.33. The fourth-order valence-electron chi connectivity index (χ4n) is 2.09. The van der Waals surface area contributed by atoms with Gasteiger partial charge in [0.15, 0.2) is 0 Å². The zero-order valence-corrected chi connectivity index (χ0v) is 13.0. The molecule has 0 aromatic rings. The Morgan fingerprint density at radius 1 is 0.895 bits per heavy atom. The van der Waals surface area contributed by atoms with Crippen LogP contribution in [-0.4, -0.2) is 19.1 Å². The summed E-state index contributed by atoms with van der Waals surface area (Å²) in [5.41, 5.74) is 5.02. The minimum atomic E-state index is -0.280. The molecule has 0 aromatic carbocycles. The number of nitrogens with two attached hydrogens (primary N) is 1. The maximum atomic E-state index is 10.5. The van der Waals surface area contributed by atoms with E-state index in [2.05, 4.69) is 13.8 Å². The number of hydrogen-bond donors (Lipinski definition) is 1. The van der Waals surface area contributed by atoms with E-state index in [0.717, 1.165) is 18.9 Å². The highest BCUT2D eigenvalue weighted by Gasteiger charge is 1.96. The summed E-state index contributed by atoms with van der Waals surface area (Å²) >= 11 is 0. The molecule has 0 unspecified atom stereocenters. The Hall–Kier alpha value is -0.570. The molecule has 0 atom stereocenters. The van der Waals surface area contributed by atoms with Crippen LogP contribution in [0.1, 0.15) is 78.1 Å². The van der Waals surface area contributed by atoms with Crippen LogP contribution in [0.15, 0.2) is 0 Å². The van der Waals surface area contributed by atoms with Gasteiger partial charge in [-0.15, -0.1) is 0 Å². The number of carbonyl (C=O) groups is 1. The zero-order valence-electron chi connectivity index (χ0n) is 13.0. The molecule has 0 rings (SSSR count). The van der Waals surface area contributed by atoms with Crippen LogP contribution in [0, 0.1) is 5.92 Å². The standard InChI is InChI=1S/C16H33NO2/c1-15(2)11-9-7-5-3-4-6-8-10-13-19-14-12-16(17)18/h15H,3-14H2,1-2H3,(H2,17,18). The third-order valence-corrected chi connectivity index (χ3v) is 3.31. The first kappa shape index (κ1) is 18.4. The molecule has 2 N–H and O–H groups in total. The van der Waals surface area contributed by atoms with Crippen LogP contribution in [0.4, 0.5) is 0 Å². The molecule has 0 fully saturated rings. The van der Waals surface area contributed by atoms with Crippen LogP contribution >= 0.6 is 0 Å². The monoisotopic (exact) mass is 271 g/mol. The zero-order chi connectivity index (χ0) is 14.3. The van der Waals surface area contributed by atoms with Crippen molar-refractivity contribution >= 4 is 5.91 Å². The van der Waals surface area contributed by atoms with Gasteiger partial charge >= 0.3 is 0 Å². The van der Waals surface area contributed by atoms with E-state index in [1.54, 1.807) is 0 Å². The third kappa shape index (κ3) is 17.4. The van der Waals surface area contributed by atoms with E-state index in [4.69, 9.17) is 10.5 Å². The minimum Gasteiger partial charge on any atom is -0.381 e. The van der Waals surface area contributed by atoms with Crippen molar-refractivity contribution in [3.8, 4) is 0 Å². The van der Waals surface area contributed by atoms with Crippen molar-refractivity contribution in [3.05, 3.63) is 0 Å². The summed E-state index contributed by atoms with van der Waals surface area (Å²) in [6.45, 7) is 5.84. The molecule has 0 spiro atoms. The Morgan fingerprint density at radius 3 is 1.95 bits per heavy atom. The van der Waals surface area contributed by atoms with Crippen molar-refractivity contribution in [1.82, 2.24) is 0 Å². The number of amides is 1. The molecule has 1 amide bonds. The number of rotatable bonds is 14. The molecule has 0 radical (unpaired) electrons. The van der Waals surface area contributed by atoms with Gasteiger partial charge in [-0.05, 0) is 12.3 Å². The van der Waals surface area contributed by atoms with Crippen molar-refractivity contribution < 1.29 is 9.53 Å². The van der Waals surface area contributed by atoms with Crippen molar-refractivity contribution in [2.45, 2.75) is 78.1 Å². The molecule has 0 saturated heterocycles. The first-order valence-electron chi connectivity index (χ1n) is 7.99. The second-order valence-corrected chi connectivity index (χ2v) is 5.84. The highest BCUT2D eigenvalue weighted by atomic mass is 16.5. The van der Waals surface area contributed by atoms with E-state index in [-0.39, 0.29) is 5.91 Å². The third-order valence-electron chi connectivity index (χ3n) is 3.31. The van der Waals surface area contributed by atoms with Crippen LogP contribution in [0.25, 0.3) is 0 Å². The summed E-state index contributed by atoms with van der Waals surface area (Å²) in [7, 11) is 0. The molecule has 0 aliphatic heterocycles. The Bertz CT molecular complexity index is 205. The minimum absolute atomic E-state index is 0.280. The molecule has 114 valence electrons. The number of primary amides is 1. The van der Waals surface area contributed by atoms with Gasteiger partial charge in [0.25, 0.3) is 0 Å². The Balaban J connectivity index is 2.97. The molecule has 0 aliphatic rings. The van der Waals surface area contributed by atoms with Gasteiger partial charge in [0.05, 0.1) is 6.61 Å². The predicted octanol–water partition coefficient (Wildman–Crippen LogP) is 4.05.